The molecule has 3 rings (SSSR count). The summed E-state index contributed by atoms with van der Waals surface area (Å²) in [6, 6.07) is 6.53. The Labute approximate surface area is 142 Å². The average molecular weight is 324 g/mol. The second-order valence-electron chi connectivity index (χ2n) is 6.26. The van der Waals surface area contributed by atoms with Crippen LogP contribution in [0.4, 0.5) is 5.95 Å². The van der Waals surface area contributed by atoms with E-state index in [-0.39, 0.29) is 11.9 Å². The Kier molecular flexibility index (Phi) is 5.08. The van der Waals surface area contributed by atoms with Crippen molar-refractivity contribution in [2.45, 2.75) is 45.6 Å². The molecule has 2 N–H and O–H groups in total. The Morgan fingerprint density at radius 3 is 2.58 bits per heavy atom. The van der Waals surface area contributed by atoms with Crippen molar-refractivity contribution in [3.05, 3.63) is 52.8 Å². The topological polar surface area (TPSA) is 66.9 Å². The summed E-state index contributed by atoms with van der Waals surface area (Å²) in [5.74, 6) is 0.389. The van der Waals surface area contributed by atoms with E-state index in [2.05, 4.69) is 38.8 Å². The zero-order valence-electron chi connectivity index (χ0n) is 14.3. The van der Waals surface area contributed by atoms with Crippen LogP contribution in [0, 0.1) is 0 Å². The summed E-state index contributed by atoms with van der Waals surface area (Å²) in [6.07, 6.45) is 7.96. The molecule has 0 bridgehead atoms. The highest BCUT2D eigenvalue weighted by atomic mass is 16.1. The molecule has 1 atom stereocenters. The van der Waals surface area contributed by atoms with Crippen LogP contribution in [-0.4, -0.2) is 22.4 Å². The van der Waals surface area contributed by atoms with Gasteiger partial charge in [0, 0.05) is 18.9 Å². The molecule has 1 aliphatic rings. The molecule has 126 valence electrons. The number of nitrogens with one attached hydrogen (secondary N) is 2. The highest BCUT2D eigenvalue weighted by Crippen LogP contribution is 2.24. The van der Waals surface area contributed by atoms with Crippen molar-refractivity contribution in [3.63, 3.8) is 0 Å². The predicted octanol–water partition coefficient (Wildman–Crippen LogP) is 3.28. The number of amides is 1. The van der Waals surface area contributed by atoms with Crippen molar-refractivity contribution in [1.29, 1.82) is 0 Å². The number of carbonyl (C=O) groups is 1. The molecule has 0 radical (unpaired) electrons. The van der Waals surface area contributed by atoms with Gasteiger partial charge in [-0.1, -0.05) is 18.2 Å². The first-order valence-corrected chi connectivity index (χ1v) is 8.66. The normalized spacial score (nSPS) is 14.6. The minimum atomic E-state index is -0.150. The minimum absolute atomic E-state index is 0.0434. The molecule has 24 heavy (non-hydrogen) atoms. The summed E-state index contributed by atoms with van der Waals surface area (Å²) >= 11 is 0. The summed E-state index contributed by atoms with van der Waals surface area (Å²) in [4.78, 5) is 20.7. The first-order chi connectivity index (χ1) is 11.7. The molecule has 0 unspecified atom stereocenters. The predicted molar refractivity (Wildman–Crippen MR) is 95.2 cm³/mol. The molecule has 0 fully saturated rings. The Morgan fingerprint density at radius 1 is 1.17 bits per heavy atom. The summed E-state index contributed by atoms with van der Waals surface area (Å²) in [5.41, 5.74) is 4.50. The van der Waals surface area contributed by atoms with Crippen molar-refractivity contribution in [2.24, 2.45) is 0 Å². The molecule has 0 spiro atoms. The minimum Gasteiger partial charge on any atom is -0.355 e. The molecular weight excluding hydrogens is 300 g/mol. The van der Waals surface area contributed by atoms with Crippen LogP contribution in [0.15, 0.2) is 30.6 Å². The van der Waals surface area contributed by atoms with E-state index in [1.54, 1.807) is 12.4 Å². The summed E-state index contributed by atoms with van der Waals surface area (Å²) < 4.78 is 0. The maximum Gasteiger partial charge on any atom is 0.254 e. The van der Waals surface area contributed by atoms with Crippen molar-refractivity contribution < 1.29 is 4.79 Å². The number of carbonyl (C=O) groups excluding carboxylic acids is 1. The molecule has 1 heterocycles. The first kappa shape index (κ1) is 16.4. The third-order valence-electron chi connectivity index (χ3n) is 4.47. The second-order valence-corrected chi connectivity index (χ2v) is 6.26. The van der Waals surface area contributed by atoms with Gasteiger partial charge in [0.05, 0.1) is 11.6 Å². The summed E-state index contributed by atoms with van der Waals surface area (Å²) in [7, 11) is 0. The second kappa shape index (κ2) is 7.43. The van der Waals surface area contributed by atoms with E-state index in [0.717, 1.165) is 18.5 Å². The van der Waals surface area contributed by atoms with Crippen molar-refractivity contribution in [2.75, 3.05) is 11.9 Å². The van der Waals surface area contributed by atoms with Gasteiger partial charge in [-0.15, -0.1) is 0 Å². The number of aromatic nitrogens is 2. The van der Waals surface area contributed by atoms with Crippen LogP contribution < -0.4 is 10.6 Å². The van der Waals surface area contributed by atoms with Crippen LogP contribution in [0.3, 0.4) is 0 Å². The molecule has 0 saturated carbocycles. The van der Waals surface area contributed by atoms with E-state index in [1.165, 1.54) is 30.4 Å². The van der Waals surface area contributed by atoms with Crippen molar-refractivity contribution >= 4 is 11.9 Å². The standard InChI is InChI=1S/C19H24N4O/c1-3-20-19-21-11-17(12-22-19)18(24)23-13(2)15-9-8-14-6-4-5-7-16(14)10-15/h8-13H,3-7H2,1-2H3,(H,23,24)(H,20,21,22)/t13-/m0/s1. The lowest BCUT2D eigenvalue weighted by molar-refractivity contribution is 0.0939. The van der Waals surface area contributed by atoms with Gasteiger partial charge in [-0.05, 0) is 56.2 Å². The number of rotatable bonds is 5. The molecule has 0 saturated heterocycles. The van der Waals surface area contributed by atoms with Crippen molar-refractivity contribution in [3.8, 4) is 0 Å². The van der Waals surface area contributed by atoms with Crippen LogP contribution in [0.1, 0.15) is 59.8 Å². The number of hydrogen-bond acceptors (Lipinski definition) is 4. The number of anilines is 1. The van der Waals surface area contributed by atoms with E-state index in [9.17, 15) is 4.79 Å². The highest BCUT2D eigenvalue weighted by molar-refractivity contribution is 5.93. The van der Waals surface area contributed by atoms with Gasteiger partial charge < -0.3 is 10.6 Å². The van der Waals surface area contributed by atoms with Gasteiger partial charge in [0.2, 0.25) is 5.95 Å². The molecular formula is C19H24N4O. The maximum atomic E-state index is 12.4. The zero-order valence-corrected chi connectivity index (χ0v) is 14.3. The quantitative estimate of drug-likeness (QED) is 0.886. The van der Waals surface area contributed by atoms with Crippen LogP contribution in [0.5, 0.6) is 0 Å². The maximum absolute atomic E-state index is 12.4. The van der Waals surface area contributed by atoms with Crippen LogP contribution in [0.2, 0.25) is 0 Å². The first-order valence-electron chi connectivity index (χ1n) is 8.66. The third-order valence-corrected chi connectivity index (χ3v) is 4.47. The van der Waals surface area contributed by atoms with Gasteiger partial charge in [0.1, 0.15) is 0 Å². The van der Waals surface area contributed by atoms with E-state index in [0.29, 0.717) is 11.5 Å². The summed E-state index contributed by atoms with van der Waals surface area (Å²) in [5, 5.41) is 6.05. The van der Waals surface area contributed by atoms with Gasteiger partial charge in [-0.3, -0.25) is 4.79 Å². The number of aryl methyl sites for hydroxylation is 2. The number of benzene rings is 1. The molecule has 1 aliphatic carbocycles. The largest absolute Gasteiger partial charge is 0.355 e. The molecule has 2 aromatic rings. The van der Waals surface area contributed by atoms with Gasteiger partial charge in [-0.2, -0.15) is 0 Å². The zero-order chi connectivity index (χ0) is 16.9. The third kappa shape index (κ3) is 3.72. The summed E-state index contributed by atoms with van der Waals surface area (Å²) in [6.45, 7) is 4.74. The Balaban J connectivity index is 1.67. The van der Waals surface area contributed by atoms with Gasteiger partial charge >= 0.3 is 0 Å². The molecule has 1 aromatic heterocycles. The van der Waals surface area contributed by atoms with Crippen LogP contribution >= 0.6 is 0 Å². The number of fused-ring (bicyclic) bond motifs is 1. The lowest BCUT2D eigenvalue weighted by Crippen LogP contribution is -2.27. The fourth-order valence-electron chi connectivity index (χ4n) is 3.08. The fourth-order valence-corrected chi connectivity index (χ4v) is 3.08. The molecule has 5 nitrogen and oxygen atoms in total. The SMILES string of the molecule is CCNc1ncc(C(=O)N[C@@H](C)c2ccc3c(c2)CCCC3)cn1. The van der Waals surface area contributed by atoms with E-state index in [4.69, 9.17) is 0 Å². The molecule has 1 amide bonds. The fraction of sp³-hybridized carbons (Fsp3) is 0.421. The van der Waals surface area contributed by atoms with E-state index >= 15 is 0 Å². The highest BCUT2D eigenvalue weighted by Gasteiger charge is 2.15. The molecule has 0 aliphatic heterocycles. The van der Waals surface area contributed by atoms with E-state index < -0.39 is 0 Å². The van der Waals surface area contributed by atoms with Gasteiger partial charge in [0.15, 0.2) is 0 Å². The monoisotopic (exact) mass is 324 g/mol. The lowest BCUT2D eigenvalue weighted by Gasteiger charge is -2.20. The number of hydrogen-bond donors (Lipinski definition) is 2. The molecule has 1 aromatic carbocycles. The van der Waals surface area contributed by atoms with Crippen molar-refractivity contribution in [1.82, 2.24) is 15.3 Å². The Morgan fingerprint density at radius 2 is 1.88 bits per heavy atom. The van der Waals surface area contributed by atoms with Crippen LogP contribution in [0.25, 0.3) is 0 Å². The van der Waals surface area contributed by atoms with Gasteiger partial charge in [0.25, 0.3) is 5.91 Å². The molecule has 5 heteroatoms. The average Bonchev–Trinajstić information content (AvgIpc) is 2.62. The Hall–Kier alpha value is -2.43. The van der Waals surface area contributed by atoms with Crippen LogP contribution in [-0.2, 0) is 12.8 Å². The van der Waals surface area contributed by atoms with E-state index in [1.807, 2.05) is 13.8 Å². The Bertz CT molecular complexity index is 712. The van der Waals surface area contributed by atoms with Gasteiger partial charge in [-0.25, -0.2) is 9.97 Å². The lowest BCUT2D eigenvalue weighted by atomic mass is 9.89. The smallest absolute Gasteiger partial charge is 0.254 e. The number of nitrogens with zero attached hydrogens (tertiary/aromatic N) is 2.